The average Bonchev–Trinajstić information content (AvgIpc) is 2.12. The molecule has 0 aliphatic heterocycles. The molecule has 0 spiro atoms. The van der Waals surface area contributed by atoms with Crippen molar-refractivity contribution >= 4 is 10.0 Å². The Kier molecular flexibility index (Phi) is 5.10. The number of primary sulfonamides is 1. The molecule has 110 valence electrons. The van der Waals surface area contributed by atoms with Crippen LogP contribution < -0.4 is 5.14 Å². The molecule has 0 fully saturated rings. The van der Waals surface area contributed by atoms with Gasteiger partial charge in [0.15, 0.2) is 0 Å². The van der Waals surface area contributed by atoms with Crippen molar-refractivity contribution in [2.45, 2.75) is 61.8 Å². The molecule has 0 aromatic rings. The maximum atomic E-state index is 11.4. The molecule has 0 aliphatic rings. The summed E-state index contributed by atoms with van der Waals surface area (Å²) >= 11 is 0. The Labute approximate surface area is 114 Å². The highest BCUT2D eigenvalue weighted by atomic mass is 32.2. The first-order valence-corrected chi connectivity index (χ1v) is 8.39. The predicted molar refractivity (Wildman–Crippen MR) is 78.8 cm³/mol. The monoisotopic (exact) mass is 277 g/mol. The van der Waals surface area contributed by atoms with Gasteiger partial charge in [-0.25, -0.2) is 13.6 Å². The molecule has 0 saturated carbocycles. The average molecular weight is 277 g/mol. The van der Waals surface area contributed by atoms with Crippen LogP contribution >= 0.6 is 0 Å². The molecule has 0 aromatic heterocycles. The Morgan fingerprint density at radius 2 is 1.44 bits per heavy atom. The van der Waals surface area contributed by atoms with Gasteiger partial charge in [0.1, 0.15) is 0 Å². The number of rotatable bonds is 6. The van der Waals surface area contributed by atoms with E-state index >= 15 is 0 Å². The Morgan fingerprint density at radius 1 is 1.06 bits per heavy atom. The molecular formula is C14H31NO2S. The molecule has 0 amide bonds. The lowest BCUT2D eigenvalue weighted by Crippen LogP contribution is -2.46. The maximum absolute atomic E-state index is 11.4. The first-order valence-electron chi connectivity index (χ1n) is 6.68. The van der Waals surface area contributed by atoms with Crippen LogP contribution in [0.5, 0.6) is 0 Å². The Morgan fingerprint density at radius 3 is 1.72 bits per heavy atom. The van der Waals surface area contributed by atoms with Crippen LogP contribution in [0.1, 0.15) is 61.8 Å². The molecule has 3 nitrogen and oxygen atoms in total. The molecule has 18 heavy (non-hydrogen) atoms. The van der Waals surface area contributed by atoms with Crippen LogP contribution in [0.4, 0.5) is 0 Å². The molecule has 0 radical (unpaired) electrons. The third kappa shape index (κ3) is 3.95. The van der Waals surface area contributed by atoms with Crippen molar-refractivity contribution in [3.05, 3.63) is 0 Å². The zero-order valence-electron chi connectivity index (χ0n) is 13.3. The molecule has 0 aromatic carbocycles. The number of hydrogen-bond acceptors (Lipinski definition) is 2. The zero-order chi connectivity index (χ0) is 15.0. The smallest absolute Gasteiger partial charge is 0.209 e. The standard InChI is InChI=1S/C14H31NO2S/c1-9-13(5,6)14(7,8)11(2)12(3,4)10-18(15,16)17/h11H,9-10H2,1-8H3,(H2,15,16,17). The number of sulfonamides is 1. The molecule has 2 N–H and O–H groups in total. The van der Waals surface area contributed by atoms with E-state index < -0.39 is 10.0 Å². The largest absolute Gasteiger partial charge is 0.229 e. The van der Waals surface area contributed by atoms with Gasteiger partial charge in [0.05, 0.1) is 5.75 Å². The van der Waals surface area contributed by atoms with Gasteiger partial charge in [-0.1, -0.05) is 61.8 Å². The van der Waals surface area contributed by atoms with Crippen molar-refractivity contribution in [1.82, 2.24) is 0 Å². The topological polar surface area (TPSA) is 60.2 Å². The third-order valence-corrected chi connectivity index (χ3v) is 6.60. The van der Waals surface area contributed by atoms with Crippen LogP contribution in [-0.2, 0) is 10.0 Å². The zero-order valence-corrected chi connectivity index (χ0v) is 14.1. The molecule has 1 unspecified atom stereocenters. The first kappa shape index (κ1) is 17.9. The highest BCUT2D eigenvalue weighted by molar-refractivity contribution is 7.89. The van der Waals surface area contributed by atoms with E-state index in [0.29, 0.717) is 0 Å². The second kappa shape index (κ2) is 5.12. The van der Waals surface area contributed by atoms with Crippen LogP contribution in [0.3, 0.4) is 0 Å². The molecule has 0 aliphatic carbocycles. The summed E-state index contributed by atoms with van der Waals surface area (Å²) in [5.41, 5.74) is -0.137. The highest BCUT2D eigenvalue weighted by Gasteiger charge is 2.46. The fourth-order valence-electron chi connectivity index (χ4n) is 2.66. The number of nitrogens with two attached hydrogens (primary N) is 1. The summed E-state index contributed by atoms with van der Waals surface area (Å²) in [6.45, 7) is 17.3. The molecule has 0 heterocycles. The van der Waals surface area contributed by atoms with Crippen molar-refractivity contribution in [3.63, 3.8) is 0 Å². The Balaban J connectivity index is 5.32. The summed E-state index contributed by atoms with van der Waals surface area (Å²) in [7, 11) is -3.44. The van der Waals surface area contributed by atoms with Gasteiger partial charge in [-0.2, -0.15) is 0 Å². The van der Waals surface area contributed by atoms with Crippen molar-refractivity contribution in [1.29, 1.82) is 0 Å². The normalized spacial score (nSPS) is 16.7. The van der Waals surface area contributed by atoms with Gasteiger partial charge >= 0.3 is 0 Å². The third-order valence-electron chi connectivity index (χ3n) is 5.46. The first-order chi connectivity index (χ1) is 7.67. The summed E-state index contributed by atoms with van der Waals surface area (Å²) < 4.78 is 22.8. The lowest BCUT2D eigenvalue weighted by atomic mass is 9.55. The van der Waals surface area contributed by atoms with Gasteiger partial charge in [0.25, 0.3) is 0 Å². The minimum Gasteiger partial charge on any atom is -0.229 e. The van der Waals surface area contributed by atoms with Crippen LogP contribution in [0.15, 0.2) is 0 Å². The number of hydrogen-bond donors (Lipinski definition) is 1. The summed E-state index contributed by atoms with van der Waals surface area (Å²) in [5.74, 6) is 0.281. The lowest BCUT2D eigenvalue weighted by molar-refractivity contribution is -0.00936. The van der Waals surface area contributed by atoms with Gasteiger partial charge in [-0.15, -0.1) is 0 Å². The predicted octanol–water partition coefficient (Wildman–Crippen LogP) is 3.40. The van der Waals surface area contributed by atoms with Crippen molar-refractivity contribution in [2.24, 2.45) is 27.3 Å². The fraction of sp³-hybridized carbons (Fsp3) is 1.00. The second-order valence-electron chi connectivity index (χ2n) is 7.48. The SMILES string of the molecule is CCC(C)(C)C(C)(C)C(C)C(C)(C)CS(N)(=O)=O. The summed E-state index contributed by atoms with van der Waals surface area (Å²) in [6.07, 6.45) is 1.07. The summed E-state index contributed by atoms with van der Waals surface area (Å²) in [6, 6.07) is 0. The quantitative estimate of drug-likeness (QED) is 0.809. The highest BCUT2D eigenvalue weighted by Crippen LogP contribution is 2.52. The van der Waals surface area contributed by atoms with Gasteiger partial charge in [-0.05, 0) is 22.2 Å². The van der Waals surface area contributed by atoms with Crippen LogP contribution in [-0.4, -0.2) is 14.2 Å². The van der Waals surface area contributed by atoms with E-state index in [1.165, 1.54) is 0 Å². The molecule has 0 rings (SSSR count). The minimum atomic E-state index is -3.44. The molecule has 1 atom stereocenters. The molecule has 0 saturated heterocycles. The van der Waals surface area contributed by atoms with E-state index in [1.807, 2.05) is 13.8 Å². The Hall–Kier alpha value is -0.0900. The van der Waals surface area contributed by atoms with E-state index in [0.717, 1.165) is 6.42 Å². The van der Waals surface area contributed by atoms with Crippen LogP contribution in [0.25, 0.3) is 0 Å². The molecular weight excluding hydrogens is 246 g/mol. The van der Waals surface area contributed by atoms with E-state index in [-0.39, 0.29) is 27.9 Å². The lowest BCUT2D eigenvalue weighted by Gasteiger charge is -2.51. The summed E-state index contributed by atoms with van der Waals surface area (Å²) in [5, 5.41) is 5.22. The van der Waals surface area contributed by atoms with E-state index in [9.17, 15) is 8.42 Å². The van der Waals surface area contributed by atoms with E-state index in [4.69, 9.17) is 5.14 Å². The van der Waals surface area contributed by atoms with E-state index in [1.54, 1.807) is 0 Å². The van der Waals surface area contributed by atoms with Crippen molar-refractivity contribution in [2.75, 3.05) is 5.75 Å². The van der Waals surface area contributed by atoms with Crippen molar-refractivity contribution < 1.29 is 8.42 Å². The minimum absolute atomic E-state index is 0.0321. The summed E-state index contributed by atoms with van der Waals surface area (Å²) in [4.78, 5) is 0. The van der Waals surface area contributed by atoms with Crippen LogP contribution in [0.2, 0.25) is 0 Å². The maximum Gasteiger partial charge on any atom is 0.209 e. The van der Waals surface area contributed by atoms with Gasteiger partial charge in [0, 0.05) is 0 Å². The van der Waals surface area contributed by atoms with E-state index in [2.05, 4.69) is 41.5 Å². The molecule has 4 heteroatoms. The molecule has 0 bridgehead atoms. The second-order valence-corrected chi connectivity index (χ2v) is 9.09. The van der Waals surface area contributed by atoms with Crippen LogP contribution in [0, 0.1) is 22.2 Å². The van der Waals surface area contributed by atoms with Gasteiger partial charge < -0.3 is 0 Å². The van der Waals surface area contributed by atoms with Crippen molar-refractivity contribution in [3.8, 4) is 0 Å². The fourth-order valence-corrected chi connectivity index (χ4v) is 3.95. The van der Waals surface area contributed by atoms with Gasteiger partial charge in [0.2, 0.25) is 10.0 Å². The Bertz CT molecular complexity index is 381. The van der Waals surface area contributed by atoms with Gasteiger partial charge in [-0.3, -0.25) is 0 Å².